The SMILES string of the molecule is CCCCN1CCC(NCc2ccccc2N)CC1. The molecule has 0 aliphatic carbocycles. The molecule has 1 heterocycles. The van der Waals surface area contributed by atoms with E-state index in [4.69, 9.17) is 5.73 Å². The first-order valence-electron chi connectivity index (χ1n) is 7.58. The third kappa shape index (κ3) is 4.51. The Kier molecular flexibility index (Phi) is 5.67. The van der Waals surface area contributed by atoms with Gasteiger partial charge in [0.1, 0.15) is 0 Å². The van der Waals surface area contributed by atoms with Gasteiger partial charge in [0.05, 0.1) is 0 Å². The minimum absolute atomic E-state index is 0.650. The molecule has 0 saturated carbocycles. The number of rotatable bonds is 6. The molecule has 106 valence electrons. The lowest BCUT2D eigenvalue weighted by molar-refractivity contribution is 0.195. The van der Waals surface area contributed by atoms with E-state index in [1.54, 1.807) is 0 Å². The normalized spacial score (nSPS) is 17.7. The molecule has 1 saturated heterocycles. The summed E-state index contributed by atoms with van der Waals surface area (Å²) < 4.78 is 0. The largest absolute Gasteiger partial charge is 0.398 e. The third-order valence-electron chi connectivity index (χ3n) is 4.05. The fourth-order valence-electron chi connectivity index (χ4n) is 2.69. The zero-order valence-electron chi connectivity index (χ0n) is 12.1. The highest BCUT2D eigenvalue weighted by molar-refractivity contribution is 5.46. The van der Waals surface area contributed by atoms with Crippen LogP contribution in [0.15, 0.2) is 24.3 Å². The van der Waals surface area contributed by atoms with Gasteiger partial charge in [0.15, 0.2) is 0 Å². The maximum atomic E-state index is 5.96. The van der Waals surface area contributed by atoms with Crippen molar-refractivity contribution in [1.29, 1.82) is 0 Å². The molecule has 0 radical (unpaired) electrons. The molecule has 3 heteroatoms. The first kappa shape index (κ1) is 14.4. The summed E-state index contributed by atoms with van der Waals surface area (Å²) in [4.78, 5) is 2.60. The molecule has 1 fully saturated rings. The van der Waals surface area contributed by atoms with E-state index < -0.39 is 0 Å². The van der Waals surface area contributed by atoms with E-state index in [2.05, 4.69) is 29.3 Å². The summed E-state index contributed by atoms with van der Waals surface area (Å²) in [6, 6.07) is 8.78. The van der Waals surface area contributed by atoms with Gasteiger partial charge in [-0.05, 0) is 50.5 Å². The topological polar surface area (TPSA) is 41.3 Å². The first-order valence-corrected chi connectivity index (χ1v) is 7.58. The number of nitrogens with zero attached hydrogens (tertiary/aromatic N) is 1. The maximum Gasteiger partial charge on any atom is 0.0359 e. The number of likely N-dealkylation sites (tertiary alicyclic amines) is 1. The Morgan fingerprint density at radius 3 is 2.68 bits per heavy atom. The van der Waals surface area contributed by atoms with Crippen molar-refractivity contribution in [2.45, 2.75) is 45.2 Å². The van der Waals surface area contributed by atoms with Crippen molar-refractivity contribution in [2.75, 3.05) is 25.4 Å². The van der Waals surface area contributed by atoms with E-state index in [1.807, 2.05) is 12.1 Å². The van der Waals surface area contributed by atoms with E-state index in [-0.39, 0.29) is 0 Å². The molecule has 0 spiro atoms. The summed E-state index contributed by atoms with van der Waals surface area (Å²) in [6.45, 7) is 6.91. The molecule has 19 heavy (non-hydrogen) atoms. The van der Waals surface area contributed by atoms with Gasteiger partial charge in [0, 0.05) is 18.3 Å². The fourth-order valence-corrected chi connectivity index (χ4v) is 2.69. The molecule has 1 aromatic rings. The van der Waals surface area contributed by atoms with Gasteiger partial charge >= 0.3 is 0 Å². The second-order valence-electron chi connectivity index (χ2n) is 5.55. The fraction of sp³-hybridized carbons (Fsp3) is 0.625. The van der Waals surface area contributed by atoms with Crippen molar-refractivity contribution < 1.29 is 0 Å². The quantitative estimate of drug-likeness (QED) is 0.774. The number of piperidine rings is 1. The summed E-state index contributed by atoms with van der Waals surface area (Å²) >= 11 is 0. The number of nitrogens with two attached hydrogens (primary N) is 1. The van der Waals surface area contributed by atoms with Crippen LogP contribution in [0.25, 0.3) is 0 Å². The minimum Gasteiger partial charge on any atom is -0.398 e. The Hall–Kier alpha value is -1.06. The number of unbranched alkanes of at least 4 members (excludes halogenated alkanes) is 1. The lowest BCUT2D eigenvalue weighted by atomic mass is 10.0. The summed E-state index contributed by atoms with van der Waals surface area (Å²) in [5.74, 6) is 0. The van der Waals surface area contributed by atoms with Gasteiger partial charge in [-0.3, -0.25) is 0 Å². The lowest BCUT2D eigenvalue weighted by Gasteiger charge is -2.32. The smallest absolute Gasteiger partial charge is 0.0359 e. The molecular weight excluding hydrogens is 234 g/mol. The Morgan fingerprint density at radius 2 is 2.00 bits per heavy atom. The monoisotopic (exact) mass is 261 g/mol. The second-order valence-corrected chi connectivity index (χ2v) is 5.55. The van der Waals surface area contributed by atoms with Crippen LogP contribution in [0.3, 0.4) is 0 Å². The van der Waals surface area contributed by atoms with Gasteiger partial charge in [0.25, 0.3) is 0 Å². The highest BCUT2D eigenvalue weighted by atomic mass is 15.1. The lowest BCUT2D eigenvalue weighted by Crippen LogP contribution is -2.42. The summed E-state index contributed by atoms with van der Waals surface area (Å²) in [6.07, 6.45) is 5.15. The zero-order valence-corrected chi connectivity index (χ0v) is 12.1. The predicted molar refractivity (Wildman–Crippen MR) is 82.1 cm³/mol. The van der Waals surface area contributed by atoms with Crippen LogP contribution in [0, 0.1) is 0 Å². The van der Waals surface area contributed by atoms with Gasteiger partial charge in [-0.2, -0.15) is 0 Å². The van der Waals surface area contributed by atoms with Gasteiger partial charge in [0.2, 0.25) is 0 Å². The van der Waals surface area contributed by atoms with Crippen LogP contribution in [-0.2, 0) is 6.54 Å². The molecule has 3 N–H and O–H groups in total. The van der Waals surface area contributed by atoms with E-state index in [0.717, 1.165) is 12.2 Å². The molecule has 3 nitrogen and oxygen atoms in total. The first-order chi connectivity index (χ1) is 9.29. The zero-order chi connectivity index (χ0) is 13.5. The van der Waals surface area contributed by atoms with Crippen molar-refractivity contribution >= 4 is 5.69 Å². The predicted octanol–water partition coefficient (Wildman–Crippen LogP) is 2.62. The Labute approximate surface area is 117 Å². The summed E-state index contributed by atoms with van der Waals surface area (Å²) in [7, 11) is 0. The molecule has 0 unspecified atom stereocenters. The van der Waals surface area contributed by atoms with Crippen LogP contribution in [0.5, 0.6) is 0 Å². The van der Waals surface area contributed by atoms with Crippen LogP contribution in [0.4, 0.5) is 5.69 Å². The summed E-state index contributed by atoms with van der Waals surface area (Å²) in [5, 5.41) is 3.65. The van der Waals surface area contributed by atoms with Crippen molar-refractivity contribution in [3.63, 3.8) is 0 Å². The number of nitrogen functional groups attached to an aromatic ring is 1. The highest BCUT2D eigenvalue weighted by Gasteiger charge is 2.18. The molecular formula is C16H27N3. The average molecular weight is 261 g/mol. The van der Waals surface area contributed by atoms with E-state index in [9.17, 15) is 0 Å². The molecule has 0 amide bonds. The number of benzene rings is 1. The van der Waals surface area contributed by atoms with Gasteiger partial charge in [-0.1, -0.05) is 31.5 Å². The Bertz CT molecular complexity index is 370. The number of hydrogen-bond acceptors (Lipinski definition) is 3. The average Bonchev–Trinajstić information content (AvgIpc) is 2.45. The Balaban J connectivity index is 1.70. The second kappa shape index (κ2) is 7.51. The van der Waals surface area contributed by atoms with Crippen LogP contribution >= 0.6 is 0 Å². The van der Waals surface area contributed by atoms with Crippen LogP contribution < -0.4 is 11.1 Å². The number of nitrogens with one attached hydrogen (secondary N) is 1. The molecule has 1 aromatic carbocycles. The van der Waals surface area contributed by atoms with E-state index >= 15 is 0 Å². The number of para-hydroxylation sites is 1. The van der Waals surface area contributed by atoms with E-state index in [1.165, 1.54) is 50.9 Å². The number of hydrogen-bond donors (Lipinski definition) is 2. The molecule has 1 aliphatic heterocycles. The highest BCUT2D eigenvalue weighted by Crippen LogP contribution is 2.14. The standard InChI is InChI=1S/C16H27N3/c1-2-3-10-19-11-8-15(9-12-19)18-13-14-6-4-5-7-16(14)17/h4-7,15,18H,2-3,8-13,17H2,1H3. The Morgan fingerprint density at radius 1 is 1.26 bits per heavy atom. The van der Waals surface area contributed by atoms with Crippen molar-refractivity contribution in [1.82, 2.24) is 10.2 Å². The molecule has 0 atom stereocenters. The van der Waals surface area contributed by atoms with E-state index in [0.29, 0.717) is 6.04 Å². The summed E-state index contributed by atoms with van der Waals surface area (Å²) in [5.41, 5.74) is 8.08. The van der Waals surface area contributed by atoms with Crippen LogP contribution in [-0.4, -0.2) is 30.6 Å². The van der Waals surface area contributed by atoms with Crippen molar-refractivity contribution in [2.24, 2.45) is 0 Å². The molecule has 0 bridgehead atoms. The van der Waals surface area contributed by atoms with Gasteiger partial charge in [-0.15, -0.1) is 0 Å². The van der Waals surface area contributed by atoms with Crippen molar-refractivity contribution in [3.8, 4) is 0 Å². The van der Waals surface area contributed by atoms with Gasteiger partial charge < -0.3 is 16.0 Å². The third-order valence-corrected chi connectivity index (χ3v) is 4.05. The molecule has 2 rings (SSSR count). The van der Waals surface area contributed by atoms with Crippen LogP contribution in [0.2, 0.25) is 0 Å². The van der Waals surface area contributed by atoms with Crippen LogP contribution in [0.1, 0.15) is 38.2 Å². The van der Waals surface area contributed by atoms with Gasteiger partial charge in [-0.25, -0.2) is 0 Å². The molecule has 1 aliphatic rings. The minimum atomic E-state index is 0.650. The molecule has 0 aromatic heterocycles. The van der Waals surface area contributed by atoms with Crippen molar-refractivity contribution in [3.05, 3.63) is 29.8 Å². The maximum absolute atomic E-state index is 5.96. The number of anilines is 1.